The van der Waals surface area contributed by atoms with Gasteiger partial charge in [0.1, 0.15) is 0 Å². The average Bonchev–Trinajstić information content (AvgIpc) is 3.73. The van der Waals surface area contributed by atoms with Gasteiger partial charge in [-0.1, -0.05) is 48.6 Å². The Labute approximate surface area is 373 Å². The molecule has 0 aromatic heterocycles. The maximum absolute atomic E-state index is 10.7. The molecular weight excluding hydrogens is 1080 g/mol. The van der Waals surface area contributed by atoms with Crippen molar-refractivity contribution in [2.45, 2.75) is 117 Å². The van der Waals surface area contributed by atoms with Crippen molar-refractivity contribution in [1.82, 2.24) is 0 Å². The predicted octanol–water partition coefficient (Wildman–Crippen LogP) is 18.6. The minimum atomic E-state index is -10.7. The number of halogens is 12. The molecule has 4 rings (SSSR count). The van der Waals surface area contributed by atoms with Gasteiger partial charge in [0.15, 0.2) is 0 Å². The number of rotatable bonds is 9. The van der Waals surface area contributed by atoms with Crippen molar-refractivity contribution in [3.63, 3.8) is 0 Å². The quantitative estimate of drug-likeness (QED) is 0.0934. The SMILES string of the molecule is C1=CC2C=CC1C2.C1=CC2C=CC1C2.C[PH+](CC[PH+](CC[PH+](CC[PH+](C)C(C)(C)C)C(C)(C)C)C(C)(C)C)C(C)(C)C.F[P-](F)(F)(F)(F)F.F[P-](F)(F)(F)(F)F.[Rh].[Rh]. The Morgan fingerprint density at radius 2 is 0.517 bits per heavy atom. The fourth-order valence-electron chi connectivity index (χ4n) is 6.13. The summed E-state index contributed by atoms with van der Waals surface area (Å²) < 4.78 is 118. The monoisotopic (exact) mass is 1150 g/mol. The first-order valence-corrected chi connectivity index (χ1v) is 31.6. The first kappa shape index (κ1) is 64.2. The Morgan fingerprint density at radius 1 is 0.362 bits per heavy atom. The minimum absolute atomic E-state index is 0. The van der Waals surface area contributed by atoms with Gasteiger partial charge in [0.25, 0.3) is 0 Å². The Bertz CT molecular complexity index is 1170. The van der Waals surface area contributed by atoms with Crippen molar-refractivity contribution < 1.29 is 89.3 Å². The number of hydrogen-bond donors (Lipinski definition) is 0. The molecule has 4 unspecified atom stereocenters. The second-order valence-corrected chi connectivity index (χ2v) is 38.2. The van der Waals surface area contributed by atoms with Crippen LogP contribution in [0.5, 0.6) is 0 Å². The Hall–Kier alpha value is 1.95. The van der Waals surface area contributed by atoms with Gasteiger partial charge in [0.2, 0.25) is 0 Å². The van der Waals surface area contributed by atoms with Crippen LogP contribution in [0.1, 0.15) is 95.9 Å². The fraction of sp³-hybridized carbons (Fsp3) is 0.789. The van der Waals surface area contributed by atoms with E-state index in [0.717, 1.165) is 23.7 Å². The van der Waals surface area contributed by atoms with Crippen LogP contribution in [0.3, 0.4) is 0 Å². The fourth-order valence-corrected chi connectivity index (χ4v) is 19.0. The standard InChI is InChI=1S/C24H54P4.2C7H8.2F6P.2Rh/c1-21(2,3)25(13)15-17-27(23(7,8)9)19-20-28(24(10,11)12)18-16-26(14)22(4,5)6;2*1-2-7-4-3-6(1)5-7;2*1-7(2,3,4,5)6;;/h15-20H2,1-14H3;2*1-4,6-7H,5H2;;;;/q;;;2*-1;;/p+4. The van der Waals surface area contributed by atoms with E-state index >= 15 is 0 Å². The van der Waals surface area contributed by atoms with Gasteiger partial charge in [0, 0.05) is 84.0 Å². The van der Waals surface area contributed by atoms with Crippen LogP contribution in [0.2, 0.25) is 0 Å². The number of hydrogen-bond acceptors (Lipinski definition) is 0. The van der Waals surface area contributed by atoms with Gasteiger partial charge in [-0.05, 0) is 120 Å². The van der Waals surface area contributed by atoms with Crippen molar-refractivity contribution in [2.75, 3.05) is 50.3 Å². The van der Waals surface area contributed by atoms with E-state index in [1.807, 2.05) is 0 Å². The van der Waals surface area contributed by atoms with Gasteiger partial charge in [-0.15, -0.1) is 0 Å². The van der Waals surface area contributed by atoms with E-state index < -0.39 is 15.6 Å². The predicted molar refractivity (Wildman–Crippen MR) is 240 cm³/mol. The zero-order valence-corrected chi connectivity index (χ0v) is 45.7. The second-order valence-electron chi connectivity index (χ2n) is 19.9. The molecular formula is C38H74F12P6Rh2+2. The molecule has 20 heteroatoms. The van der Waals surface area contributed by atoms with Crippen LogP contribution >= 0.6 is 47.3 Å². The minimum Gasteiger partial charge on any atom is 0 e. The summed E-state index contributed by atoms with van der Waals surface area (Å²) in [6.45, 7) is 35.2. The first-order chi connectivity index (χ1) is 24.1. The normalized spacial score (nSPS) is 25.1. The molecule has 4 aliphatic rings. The molecule has 2 radical (unpaired) electrons. The zero-order valence-electron chi connectivity index (χ0n) is 36.7. The van der Waals surface area contributed by atoms with Crippen LogP contribution in [0.4, 0.5) is 50.4 Å². The third-order valence-electron chi connectivity index (χ3n) is 10.5. The van der Waals surface area contributed by atoms with Crippen molar-refractivity contribution in [3.8, 4) is 0 Å². The third kappa shape index (κ3) is 39.5. The summed E-state index contributed by atoms with van der Waals surface area (Å²) in [6, 6.07) is 0. The zero-order chi connectivity index (χ0) is 44.7. The van der Waals surface area contributed by atoms with Gasteiger partial charge >= 0.3 is 66.0 Å². The van der Waals surface area contributed by atoms with Gasteiger partial charge in [-0.2, -0.15) is 0 Å². The van der Waals surface area contributed by atoms with Crippen LogP contribution in [0.15, 0.2) is 48.6 Å². The molecule has 4 atom stereocenters. The van der Waals surface area contributed by atoms with E-state index in [4.69, 9.17) is 0 Å². The van der Waals surface area contributed by atoms with E-state index in [9.17, 15) is 50.4 Å². The van der Waals surface area contributed by atoms with E-state index in [1.165, 1.54) is 25.2 Å². The summed E-state index contributed by atoms with van der Waals surface area (Å²) in [5, 5.41) is 2.23. The van der Waals surface area contributed by atoms with Crippen LogP contribution in [-0.4, -0.2) is 70.9 Å². The second kappa shape index (κ2) is 21.5. The van der Waals surface area contributed by atoms with E-state index in [0.29, 0.717) is 20.6 Å². The van der Waals surface area contributed by atoms with Gasteiger partial charge < -0.3 is 0 Å². The summed E-state index contributed by atoms with van der Waals surface area (Å²) in [7, 11) is -22.3. The molecule has 0 saturated carbocycles. The molecule has 0 amide bonds. The molecule has 0 aliphatic heterocycles. The average molecular weight is 1150 g/mol. The molecule has 0 fully saturated rings. The van der Waals surface area contributed by atoms with Crippen molar-refractivity contribution in [1.29, 1.82) is 0 Å². The van der Waals surface area contributed by atoms with Crippen molar-refractivity contribution in [3.05, 3.63) is 48.6 Å². The van der Waals surface area contributed by atoms with Crippen molar-refractivity contribution >= 4 is 47.3 Å². The van der Waals surface area contributed by atoms with E-state index in [-0.39, 0.29) is 70.6 Å². The Morgan fingerprint density at radius 3 is 0.621 bits per heavy atom. The molecule has 58 heavy (non-hydrogen) atoms. The van der Waals surface area contributed by atoms with Crippen molar-refractivity contribution in [2.24, 2.45) is 23.7 Å². The molecule has 0 nitrogen and oxygen atoms in total. The largest absolute Gasteiger partial charge is 0 e. The summed E-state index contributed by atoms with van der Waals surface area (Å²) in [6.07, 6.45) is 30.4. The molecule has 356 valence electrons. The molecule has 0 heterocycles. The maximum atomic E-state index is 9.87. The Kier molecular flexibility index (Phi) is 23.8. The Balaban J connectivity index is -0.000000797. The van der Waals surface area contributed by atoms with Gasteiger partial charge in [-0.25, -0.2) is 0 Å². The number of fused-ring (bicyclic) bond motifs is 4. The molecule has 4 bridgehead atoms. The van der Waals surface area contributed by atoms with Crippen LogP contribution in [-0.2, 0) is 39.0 Å². The molecule has 0 aromatic carbocycles. The number of allylic oxidation sites excluding steroid dienone is 8. The topological polar surface area (TPSA) is 0 Å². The molecule has 0 saturated heterocycles. The summed E-state index contributed by atoms with van der Waals surface area (Å²) >= 11 is 0. The molecule has 4 aliphatic carbocycles. The van der Waals surface area contributed by atoms with E-state index in [1.54, 1.807) is 24.6 Å². The molecule has 0 aromatic rings. The van der Waals surface area contributed by atoms with Gasteiger partial charge in [0.05, 0.1) is 57.6 Å². The van der Waals surface area contributed by atoms with Crippen LogP contribution in [0.25, 0.3) is 0 Å². The van der Waals surface area contributed by atoms with Gasteiger partial charge in [-0.3, -0.25) is 0 Å². The first-order valence-electron chi connectivity index (χ1n) is 19.3. The smallest absolute Gasteiger partial charge is 0 e. The molecule has 0 N–H and O–H groups in total. The summed E-state index contributed by atoms with van der Waals surface area (Å²) in [5.41, 5.74) is 0. The maximum Gasteiger partial charge on any atom is 0 e. The van der Waals surface area contributed by atoms with E-state index in [2.05, 4.69) is 145 Å². The summed E-state index contributed by atoms with van der Waals surface area (Å²) in [4.78, 5) is 0. The molecule has 0 spiro atoms. The van der Waals surface area contributed by atoms with Crippen LogP contribution < -0.4 is 0 Å². The third-order valence-corrected chi connectivity index (χ3v) is 26.8. The van der Waals surface area contributed by atoms with Crippen LogP contribution in [0, 0.1) is 23.7 Å². The summed E-state index contributed by atoms with van der Waals surface area (Å²) in [5.74, 6) is 3.24.